The second-order valence-corrected chi connectivity index (χ2v) is 5.74. The van der Waals surface area contributed by atoms with E-state index in [2.05, 4.69) is 24.3 Å². The lowest BCUT2D eigenvalue weighted by atomic mass is 10.0. The van der Waals surface area contributed by atoms with Crippen molar-refractivity contribution < 1.29 is 4.42 Å². The van der Waals surface area contributed by atoms with E-state index in [1.165, 1.54) is 42.0 Å². The van der Waals surface area contributed by atoms with Crippen LogP contribution in [0.25, 0.3) is 23.1 Å². The molecule has 2 heteroatoms. The van der Waals surface area contributed by atoms with Gasteiger partial charge in [-0.15, -0.1) is 0 Å². The van der Waals surface area contributed by atoms with Gasteiger partial charge in [-0.05, 0) is 42.0 Å². The predicted molar refractivity (Wildman–Crippen MR) is 89.9 cm³/mol. The first kappa shape index (κ1) is 13.1. The van der Waals surface area contributed by atoms with E-state index >= 15 is 0 Å². The van der Waals surface area contributed by atoms with Crippen molar-refractivity contribution in [2.45, 2.75) is 19.3 Å². The van der Waals surface area contributed by atoms with E-state index in [9.17, 15) is 4.79 Å². The number of hydrogen-bond acceptors (Lipinski definition) is 2. The Morgan fingerprint density at radius 3 is 2.77 bits per heavy atom. The van der Waals surface area contributed by atoms with Crippen molar-refractivity contribution in [3.05, 3.63) is 81.2 Å². The van der Waals surface area contributed by atoms with Crippen LogP contribution in [0.15, 0.2) is 57.7 Å². The summed E-state index contributed by atoms with van der Waals surface area (Å²) in [5, 5.41) is 0.940. The highest BCUT2D eigenvalue weighted by atomic mass is 16.4. The molecule has 0 bridgehead atoms. The van der Waals surface area contributed by atoms with Gasteiger partial charge in [-0.3, -0.25) is 0 Å². The standard InChI is InChI=1S/C20H16O2/c21-19-12-11-17-5-2-4-16(20(17)22-19)10-8-14-7-9-15-3-1-6-18(15)13-14/h2,4-5,7-13H,1,3,6H2/b10-8+. The van der Waals surface area contributed by atoms with Crippen LogP contribution in [-0.2, 0) is 12.8 Å². The lowest BCUT2D eigenvalue weighted by Crippen LogP contribution is -1.95. The van der Waals surface area contributed by atoms with E-state index < -0.39 is 0 Å². The average Bonchev–Trinajstić information content (AvgIpc) is 3.00. The van der Waals surface area contributed by atoms with Crippen molar-refractivity contribution in [3.8, 4) is 0 Å². The number of fused-ring (bicyclic) bond motifs is 2. The van der Waals surface area contributed by atoms with E-state index in [1.807, 2.05) is 24.3 Å². The highest BCUT2D eigenvalue weighted by molar-refractivity contribution is 5.88. The summed E-state index contributed by atoms with van der Waals surface area (Å²) in [7, 11) is 0. The Labute approximate surface area is 128 Å². The first-order valence-corrected chi connectivity index (χ1v) is 7.62. The first-order valence-electron chi connectivity index (χ1n) is 7.62. The highest BCUT2D eigenvalue weighted by Crippen LogP contribution is 2.24. The van der Waals surface area contributed by atoms with Crippen molar-refractivity contribution in [2.24, 2.45) is 0 Å². The molecule has 2 nitrogen and oxygen atoms in total. The maximum absolute atomic E-state index is 11.4. The maximum Gasteiger partial charge on any atom is 0.336 e. The number of aryl methyl sites for hydroxylation is 2. The molecule has 0 radical (unpaired) electrons. The summed E-state index contributed by atoms with van der Waals surface area (Å²) in [6.07, 6.45) is 7.74. The zero-order valence-corrected chi connectivity index (χ0v) is 12.2. The Kier molecular flexibility index (Phi) is 3.15. The molecule has 3 aromatic rings. The van der Waals surface area contributed by atoms with Crippen molar-refractivity contribution in [1.29, 1.82) is 0 Å². The average molecular weight is 288 g/mol. The van der Waals surface area contributed by atoms with Gasteiger partial charge in [-0.2, -0.15) is 0 Å². The minimum Gasteiger partial charge on any atom is -0.422 e. The lowest BCUT2D eigenvalue weighted by molar-refractivity contribution is 0.560. The molecule has 22 heavy (non-hydrogen) atoms. The quantitative estimate of drug-likeness (QED) is 0.515. The summed E-state index contributed by atoms with van der Waals surface area (Å²) in [5.41, 5.74) is 5.39. The minimum absolute atomic E-state index is 0.314. The number of benzene rings is 2. The Balaban J connectivity index is 1.74. The molecule has 0 N–H and O–H groups in total. The molecule has 0 unspecified atom stereocenters. The van der Waals surface area contributed by atoms with Gasteiger partial charge < -0.3 is 4.42 Å². The van der Waals surface area contributed by atoms with Gasteiger partial charge in [0.15, 0.2) is 0 Å². The van der Waals surface area contributed by atoms with E-state index in [4.69, 9.17) is 4.42 Å². The third-order valence-corrected chi connectivity index (χ3v) is 4.26. The minimum atomic E-state index is -0.314. The molecule has 0 aliphatic heterocycles. The summed E-state index contributed by atoms with van der Waals surface area (Å²) in [6.45, 7) is 0. The fraction of sp³-hybridized carbons (Fsp3) is 0.150. The number of hydrogen-bond donors (Lipinski definition) is 0. The second-order valence-electron chi connectivity index (χ2n) is 5.74. The SMILES string of the molecule is O=c1ccc2cccc(/C=C/c3ccc4c(c3)CCC4)c2o1. The van der Waals surface area contributed by atoms with Crippen LogP contribution in [0.4, 0.5) is 0 Å². The molecule has 1 aliphatic rings. The van der Waals surface area contributed by atoms with Crippen LogP contribution >= 0.6 is 0 Å². The third-order valence-electron chi connectivity index (χ3n) is 4.26. The lowest BCUT2D eigenvalue weighted by Gasteiger charge is -2.02. The number of para-hydroxylation sites is 1. The van der Waals surface area contributed by atoms with Gasteiger partial charge in [-0.1, -0.05) is 48.6 Å². The van der Waals surface area contributed by atoms with Gasteiger partial charge in [0, 0.05) is 17.0 Å². The molecule has 108 valence electrons. The maximum atomic E-state index is 11.4. The number of rotatable bonds is 2. The van der Waals surface area contributed by atoms with Crippen molar-refractivity contribution >= 4 is 23.1 Å². The van der Waals surface area contributed by atoms with Crippen LogP contribution in [0.3, 0.4) is 0 Å². The van der Waals surface area contributed by atoms with Gasteiger partial charge >= 0.3 is 5.63 Å². The fourth-order valence-corrected chi connectivity index (χ4v) is 3.13. The van der Waals surface area contributed by atoms with Crippen LogP contribution in [0.1, 0.15) is 28.7 Å². The monoisotopic (exact) mass is 288 g/mol. The molecule has 1 aliphatic carbocycles. The van der Waals surface area contributed by atoms with Gasteiger partial charge in [0.05, 0.1) is 0 Å². The predicted octanol–water partition coefficient (Wildman–Crippen LogP) is 4.45. The summed E-state index contributed by atoms with van der Waals surface area (Å²) in [6, 6.07) is 15.8. The zero-order valence-electron chi connectivity index (χ0n) is 12.2. The smallest absolute Gasteiger partial charge is 0.336 e. The summed E-state index contributed by atoms with van der Waals surface area (Å²) >= 11 is 0. The molecule has 0 spiro atoms. The molecular formula is C20H16O2. The third kappa shape index (κ3) is 2.37. The molecule has 0 saturated heterocycles. The zero-order chi connectivity index (χ0) is 14.9. The van der Waals surface area contributed by atoms with Gasteiger partial charge in [0.1, 0.15) is 5.58 Å². The van der Waals surface area contributed by atoms with Gasteiger partial charge in [0.25, 0.3) is 0 Å². The van der Waals surface area contributed by atoms with Crippen LogP contribution in [0, 0.1) is 0 Å². The Morgan fingerprint density at radius 1 is 0.909 bits per heavy atom. The van der Waals surface area contributed by atoms with Crippen LogP contribution < -0.4 is 5.63 Å². The Bertz CT molecular complexity index is 932. The molecule has 0 atom stereocenters. The van der Waals surface area contributed by atoms with Crippen LogP contribution in [0.5, 0.6) is 0 Å². The normalized spacial score (nSPS) is 13.8. The van der Waals surface area contributed by atoms with Crippen LogP contribution in [0.2, 0.25) is 0 Å². The van der Waals surface area contributed by atoms with Crippen LogP contribution in [-0.4, -0.2) is 0 Å². The molecule has 2 aromatic carbocycles. The summed E-state index contributed by atoms with van der Waals surface area (Å²) < 4.78 is 5.35. The van der Waals surface area contributed by atoms with E-state index in [0.717, 1.165) is 10.9 Å². The van der Waals surface area contributed by atoms with Crippen molar-refractivity contribution in [1.82, 2.24) is 0 Å². The van der Waals surface area contributed by atoms with E-state index in [0.29, 0.717) is 5.58 Å². The molecule has 0 amide bonds. The largest absolute Gasteiger partial charge is 0.422 e. The second kappa shape index (κ2) is 5.30. The summed E-state index contributed by atoms with van der Waals surface area (Å²) in [4.78, 5) is 11.4. The molecule has 1 aromatic heterocycles. The Hall–Kier alpha value is -2.61. The van der Waals surface area contributed by atoms with E-state index in [-0.39, 0.29) is 5.63 Å². The topological polar surface area (TPSA) is 30.2 Å². The molecular weight excluding hydrogens is 272 g/mol. The van der Waals surface area contributed by atoms with Gasteiger partial charge in [-0.25, -0.2) is 4.79 Å². The molecule has 1 heterocycles. The van der Waals surface area contributed by atoms with Gasteiger partial charge in [0.2, 0.25) is 0 Å². The van der Waals surface area contributed by atoms with Crippen molar-refractivity contribution in [2.75, 3.05) is 0 Å². The summed E-state index contributed by atoms with van der Waals surface area (Å²) in [5.74, 6) is 0. The molecule has 0 saturated carbocycles. The van der Waals surface area contributed by atoms with E-state index in [1.54, 1.807) is 6.07 Å². The molecule has 0 fully saturated rings. The van der Waals surface area contributed by atoms with Crippen molar-refractivity contribution in [3.63, 3.8) is 0 Å². The molecule has 4 rings (SSSR count). The highest BCUT2D eigenvalue weighted by Gasteiger charge is 2.09. The first-order chi connectivity index (χ1) is 10.8. The Morgan fingerprint density at radius 2 is 1.82 bits per heavy atom. The fourth-order valence-electron chi connectivity index (χ4n) is 3.13.